The van der Waals surface area contributed by atoms with E-state index in [1.165, 1.54) is 0 Å². The largest absolute Gasteiger partial charge is 0.506 e. The van der Waals surface area contributed by atoms with Crippen molar-refractivity contribution in [2.75, 3.05) is 6.61 Å². The number of benzene rings is 1. The van der Waals surface area contributed by atoms with Gasteiger partial charge in [0.1, 0.15) is 23.7 Å². The second-order valence-electron chi connectivity index (χ2n) is 7.58. The summed E-state index contributed by atoms with van der Waals surface area (Å²) in [7, 11) is 0. The van der Waals surface area contributed by atoms with Gasteiger partial charge in [-0.15, -0.1) is 5.10 Å². The van der Waals surface area contributed by atoms with Crippen LogP contribution in [-0.2, 0) is 4.74 Å². The SMILES string of the molecule is Cc1cc(-n2cc(-c3cccnc3)nn2)ccc1[C@@H](C)C1=C(O)C(O)[C@H](O)C(CO)O1. The molecule has 9 heteroatoms. The molecule has 4 rings (SSSR count). The lowest BCUT2D eigenvalue weighted by molar-refractivity contribution is -0.114. The third-order valence-corrected chi connectivity index (χ3v) is 5.52. The highest BCUT2D eigenvalue weighted by Gasteiger charge is 2.39. The molecule has 0 bridgehead atoms. The average molecular weight is 424 g/mol. The first-order valence-electron chi connectivity index (χ1n) is 9.91. The molecule has 0 aliphatic carbocycles. The number of aliphatic hydroxyl groups excluding tert-OH is 4. The Bertz CT molecular complexity index is 1100. The molecule has 0 saturated carbocycles. The van der Waals surface area contributed by atoms with E-state index in [1.807, 2.05) is 50.4 Å². The summed E-state index contributed by atoms with van der Waals surface area (Å²) in [6.07, 6.45) is 1.32. The van der Waals surface area contributed by atoms with Crippen molar-refractivity contribution in [1.29, 1.82) is 0 Å². The van der Waals surface area contributed by atoms with Gasteiger partial charge in [0.2, 0.25) is 0 Å². The van der Waals surface area contributed by atoms with Crippen LogP contribution in [0.4, 0.5) is 0 Å². The van der Waals surface area contributed by atoms with E-state index in [-0.39, 0.29) is 5.76 Å². The highest BCUT2D eigenvalue weighted by molar-refractivity contribution is 5.56. The van der Waals surface area contributed by atoms with E-state index in [1.54, 1.807) is 17.1 Å². The minimum atomic E-state index is -1.51. The quantitative estimate of drug-likeness (QED) is 0.486. The van der Waals surface area contributed by atoms with Crippen LogP contribution in [0.15, 0.2) is 60.4 Å². The molecule has 1 aliphatic rings. The van der Waals surface area contributed by atoms with Gasteiger partial charge in [0.25, 0.3) is 0 Å². The molecule has 4 N–H and O–H groups in total. The molecule has 31 heavy (non-hydrogen) atoms. The summed E-state index contributed by atoms with van der Waals surface area (Å²) in [6, 6.07) is 9.43. The van der Waals surface area contributed by atoms with E-state index in [9.17, 15) is 20.4 Å². The van der Waals surface area contributed by atoms with Gasteiger partial charge in [-0.3, -0.25) is 4.98 Å². The Kier molecular flexibility index (Phi) is 5.73. The van der Waals surface area contributed by atoms with Crippen LogP contribution < -0.4 is 0 Å². The average Bonchev–Trinajstić information content (AvgIpc) is 3.28. The first-order valence-corrected chi connectivity index (χ1v) is 9.91. The number of pyridine rings is 1. The van der Waals surface area contributed by atoms with Crippen molar-refractivity contribution in [2.45, 2.75) is 38.1 Å². The van der Waals surface area contributed by atoms with Gasteiger partial charge in [0.15, 0.2) is 11.9 Å². The minimum Gasteiger partial charge on any atom is -0.506 e. The lowest BCUT2D eigenvalue weighted by Crippen LogP contribution is -2.46. The summed E-state index contributed by atoms with van der Waals surface area (Å²) in [6.45, 7) is 3.26. The zero-order valence-corrected chi connectivity index (χ0v) is 17.1. The molecule has 1 aliphatic heterocycles. The summed E-state index contributed by atoms with van der Waals surface area (Å²) < 4.78 is 7.27. The van der Waals surface area contributed by atoms with Gasteiger partial charge >= 0.3 is 0 Å². The Labute approximate surface area is 178 Å². The monoisotopic (exact) mass is 424 g/mol. The van der Waals surface area contributed by atoms with Gasteiger partial charge in [0.05, 0.1) is 18.5 Å². The van der Waals surface area contributed by atoms with Crippen LogP contribution >= 0.6 is 0 Å². The van der Waals surface area contributed by atoms with Crippen LogP contribution in [0.1, 0.15) is 24.0 Å². The van der Waals surface area contributed by atoms with Crippen molar-refractivity contribution in [2.24, 2.45) is 0 Å². The molecule has 2 aromatic heterocycles. The van der Waals surface area contributed by atoms with Crippen molar-refractivity contribution < 1.29 is 25.2 Å². The van der Waals surface area contributed by atoms with Crippen molar-refractivity contribution >= 4 is 0 Å². The molecular weight excluding hydrogens is 400 g/mol. The molecule has 1 aromatic carbocycles. The highest BCUT2D eigenvalue weighted by Crippen LogP contribution is 2.35. The normalized spacial score (nSPS) is 22.3. The van der Waals surface area contributed by atoms with Gasteiger partial charge < -0.3 is 25.2 Å². The Morgan fingerprint density at radius 1 is 1.23 bits per heavy atom. The first-order chi connectivity index (χ1) is 14.9. The Balaban J connectivity index is 1.62. The molecular formula is C22H24N4O5. The zero-order valence-electron chi connectivity index (χ0n) is 17.1. The zero-order chi connectivity index (χ0) is 22.1. The molecule has 0 fully saturated rings. The maximum absolute atomic E-state index is 10.3. The maximum Gasteiger partial charge on any atom is 0.162 e. The number of aryl methyl sites for hydroxylation is 1. The van der Waals surface area contributed by atoms with Gasteiger partial charge in [-0.25, -0.2) is 4.68 Å². The van der Waals surface area contributed by atoms with E-state index in [4.69, 9.17) is 4.74 Å². The van der Waals surface area contributed by atoms with Crippen LogP contribution in [0, 0.1) is 6.92 Å². The van der Waals surface area contributed by atoms with Gasteiger partial charge in [-0.05, 0) is 42.3 Å². The number of allylic oxidation sites excluding steroid dienone is 1. The van der Waals surface area contributed by atoms with E-state index in [2.05, 4.69) is 15.3 Å². The lowest BCUT2D eigenvalue weighted by atomic mass is 9.90. The molecule has 0 radical (unpaired) electrons. The molecule has 3 heterocycles. The fourth-order valence-corrected chi connectivity index (χ4v) is 3.74. The third-order valence-electron chi connectivity index (χ3n) is 5.52. The van der Waals surface area contributed by atoms with Crippen molar-refractivity contribution in [1.82, 2.24) is 20.0 Å². The summed E-state index contributed by atoms with van der Waals surface area (Å²) in [5, 5.41) is 48.2. The Hall–Kier alpha value is -3.27. The topological polar surface area (TPSA) is 134 Å². The lowest BCUT2D eigenvalue weighted by Gasteiger charge is -2.35. The van der Waals surface area contributed by atoms with Crippen molar-refractivity contribution in [3.63, 3.8) is 0 Å². The predicted molar refractivity (Wildman–Crippen MR) is 111 cm³/mol. The Morgan fingerprint density at radius 2 is 2.03 bits per heavy atom. The molecule has 0 saturated heterocycles. The number of aromatic nitrogens is 4. The molecule has 4 atom stereocenters. The third kappa shape index (κ3) is 3.90. The van der Waals surface area contributed by atoms with E-state index in [0.717, 1.165) is 22.4 Å². The smallest absolute Gasteiger partial charge is 0.162 e. The van der Waals surface area contributed by atoms with Crippen molar-refractivity contribution in [3.05, 3.63) is 71.6 Å². The maximum atomic E-state index is 10.3. The molecule has 2 unspecified atom stereocenters. The second-order valence-corrected chi connectivity index (χ2v) is 7.58. The number of hydrogen-bond acceptors (Lipinski definition) is 8. The first kappa shape index (κ1) is 21.0. The minimum absolute atomic E-state index is 0.132. The van der Waals surface area contributed by atoms with Crippen molar-refractivity contribution in [3.8, 4) is 16.9 Å². The number of ether oxygens (including phenoxy) is 1. The predicted octanol–water partition coefficient (Wildman–Crippen LogP) is 1.62. The van der Waals surface area contributed by atoms with Crippen LogP contribution in [0.5, 0.6) is 0 Å². The molecule has 3 aromatic rings. The number of rotatable bonds is 5. The van der Waals surface area contributed by atoms with Gasteiger partial charge in [0, 0.05) is 23.9 Å². The van der Waals surface area contributed by atoms with Crippen LogP contribution in [-0.4, -0.2) is 65.3 Å². The summed E-state index contributed by atoms with van der Waals surface area (Å²) in [5.74, 6) is -0.704. The summed E-state index contributed by atoms with van der Waals surface area (Å²) >= 11 is 0. The van der Waals surface area contributed by atoms with Crippen LogP contribution in [0.3, 0.4) is 0 Å². The standard InChI is InChI=1S/C22H24N4O5/c1-12-8-15(26-10-17(24-25-26)14-4-3-7-23-9-14)5-6-16(12)13(2)22-21(30)20(29)19(28)18(11-27)31-22/h3-10,13,18-20,27-30H,11H2,1-2H3/t13-,18?,19-,20?/m1/s1. The van der Waals surface area contributed by atoms with Gasteiger partial charge in [-0.2, -0.15) is 0 Å². The van der Waals surface area contributed by atoms with E-state index in [0.29, 0.717) is 5.69 Å². The molecule has 162 valence electrons. The number of aliphatic hydroxyl groups is 4. The number of hydrogen-bond donors (Lipinski definition) is 4. The Morgan fingerprint density at radius 3 is 2.71 bits per heavy atom. The fourth-order valence-electron chi connectivity index (χ4n) is 3.74. The molecule has 0 amide bonds. The number of nitrogens with zero attached hydrogens (tertiary/aromatic N) is 4. The summed E-state index contributed by atoms with van der Waals surface area (Å²) in [5.41, 5.74) is 4.15. The highest BCUT2D eigenvalue weighted by atomic mass is 16.5. The van der Waals surface area contributed by atoms with Crippen LogP contribution in [0.25, 0.3) is 16.9 Å². The fraction of sp³-hybridized carbons (Fsp3) is 0.318. The van der Waals surface area contributed by atoms with Gasteiger partial charge in [-0.1, -0.05) is 18.2 Å². The van der Waals surface area contributed by atoms with E-state index < -0.39 is 36.6 Å². The molecule has 0 spiro atoms. The van der Waals surface area contributed by atoms with E-state index >= 15 is 0 Å². The second kappa shape index (κ2) is 8.46. The summed E-state index contributed by atoms with van der Waals surface area (Å²) in [4.78, 5) is 4.10. The van der Waals surface area contributed by atoms with Crippen LogP contribution in [0.2, 0.25) is 0 Å². The molecule has 9 nitrogen and oxygen atoms in total.